The van der Waals surface area contributed by atoms with Crippen molar-refractivity contribution in [2.75, 3.05) is 5.32 Å². The Morgan fingerprint density at radius 2 is 2.12 bits per heavy atom. The number of rotatable bonds is 3. The summed E-state index contributed by atoms with van der Waals surface area (Å²) in [5.74, 6) is 0. The fourth-order valence-electron chi connectivity index (χ4n) is 1.41. The largest absolute Gasteiger partial charge is 0.379 e. The van der Waals surface area contributed by atoms with Crippen LogP contribution >= 0.6 is 15.9 Å². The lowest BCUT2D eigenvalue weighted by atomic mass is 10.2. The normalized spacial score (nSPS) is 10.4. The Morgan fingerprint density at radius 3 is 2.75 bits per heavy atom. The van der Waals surface area contributed by atoms with Gasteiger partial charge in [0.25, 0.3) is 0 Å². The second kappa shape index (κ2) is 4.65. The number of nitrogens with one attached hydrogen (secondary N) is 1. The van der Waals surface area contributed by atoms with E-state index in [1.807, 2.05) is 19.1 Å². The molecule has 1 aromatic heterocycles. The number of hydrogen-bond donors (Lipinski definition) is 1. The second-order valence-electron chi connectivity index (χ2n) is 3.61. The van der Waals surface area contributed by atoms with Crippen molar-refractivity contribution in [3.63, 3.8) is 0 Å². The maximum Gasteiger partial charge on any atom is 0.127 e. The zero-order valence-electron chi connectivity index (χ0n) is 9.12. The molecule has 0 aliphatic rings. The average Bonchev–Trinajstić information content (AvgIpc) is 2.63. The van der Waals surface area contributed by atoms with Crippen LogP contribution in [0.15, 0.2) is 27.3 Å². The van der Waals surface area contributed by atoms with E-state index in [-0.39, 0.29) is 0 Å². The van der Waals surface area contributed by atoms with Crippen LogP contribution in [0.1, 0.15) is 17.0 Å². The van der Waals surface area contributed by atoms with E-state index in [1.165, 1.54) is 5.56 Å². The molecular formula is C11H12BrN3O. The minimum Gasteiger partial charge on any atom is -0.379 e. The molecule has 16 heavy (non-hydrogen) atoms. The second-order valence-corrected chi connectivity index (χ2v) is 4.52. The standard InChI is InChI=1S/C11H12BrN3O/c1-7-5-9(12)3-4-10(7)13-6-11-8(2)14-16-15-11/h3-5,13H,6H2,1-2H3. The van der Waals surface area contributed by atoms with Crippen LogP contribution in [0.5, 0.6) is 0 Å². The molecule has 0 spiro atoms. The summed E-state index contributed by atoms with van der Waals surface area (Å²) in [5.41, 5.74) is 3.93. The van der Waals surface area contributed by atoms with Crippen molar-refractivity contribution in [2.24, 2.45) is 0 Å². The summed E-state index contributed by atoms with van der Waals surface area (Å²) >= 11 is 3.43. The Bertz CT molecular complexity index is 496. The summed E-state index contributed by atoms with van der Waals surface area (Å²) in [7, 11) is 0. The highest BCUT2D eigenvalue weighted by molar-refractivity contribution is 9.10. The van der Waals surface area contributed by atoms with Crippen molar-refractivity contribution in [2.45, 2.75) is 20.4 Å². The fraction of sp³-hybridized carbons (Fsp3) is 0.273. The van der Waals surface area contributed by atoms with Crippen molar-refractivity contribution in [1.29, 1.82) is 0 Å². The molecule has 0 aliphatic carbocycles. The third-order valence-electron chi connectivity index (χ3n) is 2.38. The zero-order valence-corrected chi connectivity index (χ0v) is 10.7. The van der Waals surface area contributed by atoms with Gasteiger partial charge in [0.15, 0.2) is 0 Å². The van der Waals surface area contributed by atoms with E-state index in [0.29, 0.717) is 6.54 Å². The Morgan fingerprint density at radius 1 is 1.31 bits per heavy atom. The molecular weight excluding hydrogens is 270 g/mol. The van der Waals surface area contributed by atoms with Crippen LogP contribution < -0.4 is 5.32 Å². The van der Waals surface area contributed by atoms with Crippen molar-refractivity contribution >= 4 is 21.6 Å². The molecule has 1 aromatic carbocycles. The third kappa shape index (κ3) is 2.41. The monoisotopic (exact) mass is 281 g/mol. The minimum absolute atomic E-state index is 0.623. The summed E-state index contributed by atoms with van der Waals surface area (Å²) in [6.45, 7) is 4.56. The van der Waals surface area contributed by atoms with Crippen molar-refractivity contribution < 1.29 is 4.63 Å². The first-order valence-electron chi connectivity index (χ1n) is 4.95. The number of nitrogens with zero attached hydrogens (tertiary/aromatic N) is 2. The number of aromatic nitrogens is 2. The van der Waals surface area contributed by atoms with Crippen LogP contribution in [0.4, 0.5) is 5.69 Å². The van der Waals surface area contributed by atoms with Gasteiger partial charge >= 0.3 is 0 Å². The van der Waals surface area contributed by atoms with Gasteiger partial charge in [-0.15, -0.1) is 0 Å². The number of halogens is 1. The maximum absolute atomic E-state index is 4.64. The van der Waals surface area contributed by atoms with E-state index in [0.717, 1.165) is 21.5 Å². The predicted molar refractivity (Wildman–Crippen MR) is 65.2 cm³/mol. The van der Waals surface area contributed by atoms with E-state index in [1.54, 1.807) is 0 Å². The number of aryl methyl sites for hydroxylation is 2. The van der Waals surface area contributed by atoms with Crippen LogP contribution in [0.3, 0.4) is 0 Å². The van der Waals surface area contributed by atoms with Gasteiger partial charge < -0.3 is 5.32 Å². The Kier molecular flexibility index (Phi) is 3.24. The molecule has 0 saturated carbocycles. The molecule has 1 heterocycles. The summed E-state index contributed by atoms with van der Waals surface area (Å²) in [6, 6.07) is 6.10. The first kappa shape index (κ1) is 11.1. The van der Waals surface area contributed by atoms with Gasteiger partial charge in [0.2, 0.25) is 0 Å². The number of anilines is 1. The van der Waals surface area contributed by atoms with E-state index in [4.69, 9.17) is 0 Å². The van der Waals surface area contributed by atoms with Gasteiger partial charge in [0.05, 0.1) is 6.54 Å². The lowest BCUT2D eigenvalue weighted by molar-refractivity contribution is 0.301. The number of benzene rings is 1. The molecule has 0 amide bonds. The molecule has 0 bridgehead atoms. The van der Waals surface area contributed by atoms with Gasteiger partial charge in [0.1, 0.15) is 11.4 Å². The molecule has 0 atom stereocenters. The topological polar surface area (TPSA) is 51.0 Å². The van der Waals surface area contributed by atoms with Crippen LogP contribution in [0.25, 0.3) is 0 Å². The first-order valence-corrected chi connectivity index (χ1v) is 5.74. The quantitative estimate of drug-likeness (QED) is 0.940. The smallest absolute Gasteiger partial charge is 0.127 e. The van der Waals surface area contributed by atoms with Crippen LogP contribution in [-0.4, -0.2) is 10.3 Å². The van der Waals surface area contributed by atoms with Crippen LogP contribution in [0, 0.1) is 13.8 Å². The van der Waals surface area contributed by atoms with Crippen LogP contribution in [-0.2, 0) is 6.54 Å². The SMILES string of the molecule is Cc1cc(Br)ccc1NCc1nonc1C. The van der Waals surface area contributed by atoms with E-state index >= 15 is 0 Å². The van der Waals surface area contributed by atoms with Gasteiger partial charge in [-0.05, 0) is 37.6 Å². The van der Waals surface area contributed by atoms with E-state index in [9.17, 15) is 0 Å². The van der Waals surface area contributed by atoms with Gasteiger partial charge in [0, 0.05) is 10.2 Å². The molecule has 0 aliphatic heterocycles. The molecule has 2 rings (SSSR count). The molecule has 5 heteroatoms. The third-order valence-corrected chi connectivity index (χ3v) is 2.87. The number of hydrogen-bond acceptors (Lipinski definition) is 4. The summed E-state index contributed by atoms with van der Waals surface area (Å²) in [5, 5.41) is 10.9. The highest BCUT2D eigenvalue weighted by Gasteiger charge is 2.05. The molecule has 1 N–H and O–H groups in total. The van der Waals surface area contributed by atoms with Crippen molar-refractivity contribution in [3.05, 3.63) is 39.6 Å². The van der Waals surface area contributed by atoms with E-state index in [2.05, 4.69) is 49.2 Å². The zero-order chi connectivity index (χ0) is 11.5. The molecule has 0 unspecified atom stereocenters. The minimum atomic E-state index is 0.623. The van der Waals surface area contributed by atoms with E-state index < -0.39 is 0 Å². The van der Waals surface area contributed by atoms with Gasteiger partial charge in [-0.2, -0.15) is 0 Å². The Hall–Kier alpha value is -1.36. The molecule has 2 aromatic rings. The fourth-order valence-corrected chi connectivity index (χ4v) is 1.89. The average molecular weight is 282 g/mol. The first-order chi connectivity index (χ1) is 7.66. The van der Waals surface area contributed by atoms with Gasteiger partial charge in [-0.3, -0.25) is 0 Å². The highest BCUT2D eigenvalue weighted by atomic mass is 79.9. The molecule has 84 valence electrons. The summed E-state index contributed by atoms with van der Waals surface area (Å²) < 4.78 is 5.71. The van der Waals surface area contributed by atoms with Crippen LogP contribution in [0.2, 0.25) is 0 Å². The van der Waals surface area contributed by atoms with Crippen molar-refractivity contribution in [3.8, 4) is 0 Å². The van der Waals surface area contributed by atoms with Gasteiger partial charge in [-0.25, -0.2) is 4.63 Å². The molecule has 0 fully saturated rings. The van der Waals surface area contributed by atoms with Gasteiger partial charge in [-0.1, -0.05) is 26.2 Å². The highest BCUT2D eigenvalue weighted by Crippen LogP contribution is 2.20. The summed E-state index contributed by atoms with van der Waals surface area (Å²) in [4.78, 5) is 0. The predicted octanol–water partition coefficient (Wildman–Crippen LogP) is 3.06. The molecule has 0 radical (unpaired) electrons. The summed E-state index contributed by atoms with van der Waals surface area (Å²) in [6.07, 6.45) is 0. The molecule has 4 nitrogen and oxygen atoms in total. The maximum atomic E-state index is 4.64. The van der Waals surface area contributed by atoms with Crippen molar-refractivity contribution in [1.82, 2.24) is 10.3 Å². The lowest BCUT2D eigenvalue weighted by Gasteiger charge is -2.08. The Balaban J connectivity index is 2.08. The Labute approximate surface area is 102 Å². The lowest BCUT2D eigenvalue weighted by Crippen LogP contribution is -2.02. The molecule has 0 saturated heterocycles.